The third kappa shape index (κ3) is 4.70. The first-order valence-corrected chi connectivity index (χ1v) is 9.16. The molecule has 9 heteroatoms. The van der Waals surface area contributed by atoms with Crippen LogP contribution in [0.25, 0.3) is 0 Å². The Morgan fingerprint density at radius 2 is 2.04 bits per heavy atom. The fourth-order valence-corrected chi connectivity index (χ4v) is 3.56. The zero-order chi connectivity index (χ0) is 16.2. The molecule has 7 nitrogen and oxygen atoms in total. The summed E-state index contributed by atoms with van der Waals surface area (Å²) in [5.41, 5.74) is 0. The van der Waals surface area contributed by atoms with Gasteiger partial charge in [-0.25, -0.2) is 0 Å². The molecule has 0 spiro atoms. The topological polar surface area (TPSA) is 81.7 Å². The first-order chi connectivity index (χ1) is 11.1. The standard InChI is InChI=1S/C15H24N6OS.ClH/c1-10(2)8-13-17-12(20-22-13)9-23-15-19-18-14(21(15)3)11-4-6-16-7-5-11;/h10-11,16H,4-9H2,1-3H3;1H. The summed E-state index contributed by atoms with van der Waals surface area (Å²) in [6.45, 7) is 6.39. The maximum Gasteiger partial charge on any atom is 0.226 e. The summed E-state index contributed by atoms with van der Waals surface area (Å²) in [5, 5.41) is 17.1. The van der Waals surface area contributed by atoms with E-state index in [1.165, 1.54) is 0 Å². The molecule has 2 aromatic heterocycles. The lowest BCUT2D eigenvalue weighted by Crippen LogP contribution is -2.27. The smallest absolute Gasteiger partial charge is 0.226 e. The van der Waals surface area contributed by atoms with E-state index >= 15 is 0 Å². The number of thioether (sulfide) groups is 1. The van der Waals surface area contributed by atoms with Gasteiger partial charge in [0.15, 0.2) is 11.0 Å². The summed E-state index contributed by atoms with van der Waals surface area (Å²) in [4.78, 5) is 4.43. The predicted octanol–water partition coefficient (Wildman–Crippen LogP) is 2.58. The molecule has 1 saturated heterocycles. The van der Waals surface area contributed by atoms with Crippen molar-refractivity contribution in [3.8, 4) is 0 Å². The summed E-state index contributed by atoms with van der Waals surface area (Å²) in [7, 11) is 2.04. The van der Waals surface area contributed by atoms with Crippen LogP contribution >= 0.6 is 24.2 Å². The van der Waals surface area contributed by atoms with Crippen molar-refractivity contribution in [3.05, 3.63) is 17.5 Å². The number of hydrogen-bond donors (Lipinski definition) is 1. The minimum absolute atomic E-state index is 0. The molecule has 1 N–H and O–H groups in total. The van der Waals surface area contributed by atoms with Crippen LogP contribution in [0.1, 0.15) is 50.1 Å². The van der Waals surface area contributed by atoms with E-state index in [1.807, 2.05) is 7.05 Å². The molecule has 0 atom stereocenters. The Morgan fingerprint density at radius 3 is 2.75 bits per heavy atom. The highest BCUT2D eigenvalue weighted by molar-refractivity contribution is 7.98. The minimum Gasteiger partial charge on any atom is -0.339 e. The highest BCUT2D eigenvalue weighted by Gasteiger charge is 2.22. The van der Waals surface area contributed by atoms with Crippen LogP contribution in [0.5, 0.6) is 0 Å². The lowest BCUT2D eigenvalue weighted by Gasteiger charge is -2.21. The van der Waals surface area contributed by atoms with Gasteiger partial charge in [0.05, 0.1) is 5.75 Å². The van der Waals surface area contributed by atoms with Crippen molar-refractivity contribution in [1.82, 2.24) is 30.2 Å². The molecule has 0 radical (unpaired) electrons. The van der Waals surface area contributed by atoms with Gasteiger partial charge >= 0.3 is 0 Å². The van der Waals surface area contributed by atoms with Gasteiger partial charge in [0.25, 0.3) is 0 Å². The molecule has 1 aliphatic rings. The van der Waals surface area contributed by atoms with Crippen LogP contribution in [0.2, 0.25) is 0 Å². The van der Waals surface area contributed by atoms with Crippen LogP contribution in [-0.4, -0.2) is 38.0 Å². The Hall–Kier alpha value is -1.12. The van der Waals surface area contributed by atoms with Crippen LogP contribution in [-0.2, 0) is 19.2 Å². The van der Waals surface area contributed by atoms with E-state index in [0.29, 0.717) is 23.5 Å². The zero-order valence-electron chi connectivity index (χ0n) is 14.4. The van der Waals surface area contributed by atoms with Crippen LogP contribution in [0.15, 0.2) is 9.68 Å². The number of nitrogens with one attached hydrogen (secondary N) is 1. The van der Waals surface area contributed by atoms with Crippen LogP contribution in [0.3, 0.4) is 0 Å². The van der Waals surface area contributed by atoms with Gasteiger partial charge in [-0.3, -0.25) is 0 Å². The predicted molar refractivity (Wildman–Crippen MR) is 95.5 cm³/mol. The summed E-state index contributed by atoms with van der Waals surface area (Å²) < 4.78 is 7.38. The normalized spacial score (nSPS) is 15.7. The van der Waals surface area contributed by atoms with Gasteiger partial charge in [0, 0.05) is 19.4 Å². The van der Waals surface area contributed by atoms with Gasteiger partial charge < -0.3 is 14.4 Å². The van der Waals surface area contributed by atoms with Crippen molar-refractivity contribution in [2.75, 3.05) is 13.1 Å². The Morgan fingerprint density at radius 1 is 1.29 bits per heavy atom. The van der Waals surface area contributed by atoms with Gasteiger partial charge in [-0.1, -0.05) is 30.8 Å². The molecular weight excluding hydrogens is 348 g/mol. The number of hydrogen-bond acceptors (Lipinski definition) is 7. The molecule has 0 amide bonds. The average Bonchev–Trinajstić information content (AvgIpc) is 3.12. The summed E-state index contributed by atoms with van der Waals surface area (Å²) in [5.74, 6) is 4.19. The number of aromatic nitrogens is 5. The number of nitrogens with zero attached hydrogens (tertiary/aromatic N) is 5. The molecule has 134 valence electrons. The van der Waals surface area contributed by atoms with Crippen molar-refractivity contribution < 1.29 is 4.52 Å². The van der Waals surface area contributed by atoms with E-state index in [2.05, 4.69) is 44.1 Å². The van der Waals surface area contributed by atoms with E-state index < -0.39 is 0 Å². The third-order valence-electron chi connectivity index (χ3n) is 4.00. The second-order valence-corrected chi connectivity index (χ2v) is 7.36. The second kappa shape index (κ2) is 8.82. The second-order valence-electron chi connectivity index (χ2n) is 6.42. The van der Waals surface area contributed by atoms with Crippen molar-refractivity contribution in [1.29, 1.82) is 0 Å². The Labute approximate surface area is 152 Å². The van der Waals surface area contributed by atoms with E-state index in [4.69, 9.17) is 4.52 Å². The van der Waals surface area contributed by atoms with E-state index in [-0.39, 0.29) is 12.4 Å². The first kappa shape index (κ1) is 19.2. The molecule has 0 bridgehead atoms. The lowest BCUT2D eigenvalue weighted by molar-refractivity contribution is 0.360. The molecular formula is C15H25ClN6OS. The zero-order valence-corrected chi connectivity index (χ0v) is 16.0. The molecule has 1 fully saturated rings. The van der Waals surface area contributed by atoms with Crippen molar-refractivity contribution >= 4 is 24.2 Å². The molecule has 0 aliphatic carbocycles. The maximum atomic E-state index is 5.27. The quantitative estimate of drug-likeness (QED) is 0.780. The Bertz CT molecular complexity index is 638. The first-order valence-electron chi connectivity index (χ1n) is 8.17. The molecule has 0 aromatic carbocycles. The van der Waals surface area contributed by atoms with Crippen molar-refractivity contribution in [2.24, 2.45) is 13.0 Å². The molecule has 1 aliphatic heterocycles. The summed E-state index contributed by atoms with van der Waals surface area (Å²) >= 11 is 1.61. The van der Waals surface area contributed by atoms with E-state index in [0.717, 1.165) is 49.2 Å². The highest BCUT2D eigenvalue weighted by Crippen LogP contribution is 2.27. The molecule has 3 rings (SSSR count). The van der Waals surface area contributed by atoms with Crippen LogP contribution in [0, 0.1) is 5.92 Å². The van der Waals surface area contributed by atoms with Crippen LogP contribution in [0.4, 0.5) is 0 Å². The summed E-state index contributed by atoms with van der Waals surface area (Å²) in [6.07, 6.45) is 3.07. The van der Waals surface area contributed by atoms with Gasteiger partial charge in [-0.05, 0) is 31.8 Å². The van der Waals surface area contributed by atoms with Crippen LogP contribution < -0.4 is 5.32 Å². The third-order valence-corrected chi connectivity index (χ3v) is 5.01. The Balaban J connectivity index is 0.00000208. The number of piperidine rings is 1. The molecule has 3 heterocycles. The molecule has 24 heavy (non-hydrogen) atoms. The SMILES string of the molecule is CC(C)Cc1nc(CSc2nnc(C3CCNCC3)n2C)no1.Cl. The largest absolute Gasteiger partial charge is 0.339 e. The van der Waals surface area contributed by atoms with Crippen molar-refractivity contribution in [3.63, 3.8) is 0 Å². The Kier molecular flexibility index (Phi) is 7.06. The highest BCUT2D eigenvalue weighted by atomic mass is 35.5. The van der Waals surface area contributed by atoms with Gasteiger partial charge in [-0.15, -0.1) is 22.6 Å². The maximum absolute atomic E-state index is 5.27. The van der Waals surface area contributed by atoms with Gasteiger partial charge in [-0.2, -0.15) is 4.98 Å². The molecule has 0 saturated carbocycles. The fourth-order valence-electron chi connectivity index (χ4n) is 2.80. The lowest BCUT2D eigenvalue weighted by atomic mass is 9.97. The molecule has 0 unspecified atom stereocenters. The van der Waals surface area contributed by atoms with Gasteiger partial charge in [0.2, 0.25) is 5.89 Å². The van der Waals surface area contributed by atoms with Gasteiger partial charge in [0.1, 0.15) is 5.82 Å². The number of halogens is 1. The molecule has 2 aromatic rings. The monoisotopic (exact) mass is 372 g/mol. The number of rotatable bonds is 6. The van der Waals surface area contributed by atoms with E-state index in [9.17, 15) is 0 Å². The fraction of sp³-hybridized carbons (Fsp3) is 0.733. The minimum atomic E-state index is 0. The summed E-state index contributed by atoms with van der Waals surface area (Å²) in [6, 6.07) is 0. The van der Waals surface area contributed by atoms with E-state index in [1.54, 1.807) is 11.8 Å². The van der Waals surface area contributed by atoms with Crippen molar-refractivity contribution in [2.45, 2.75) is 49.9 Å². The average molecular weight is 373 g/mol.